The number of rotatable bonds is 8. The summed E-state index contributed by atoms with van der Waals surface area (Å²) in [6.07, 6.45) is 3.88. The van der Waals surface area contributed by atoms with Crippen molar-refractivity contribution in [1.82, 2.24) is 10.2 Å². The van der Waals surface area contributed by atoms with Crippen LogP contribution in [0.3, 0.4) is 0 Å². The summed E-state index contributed by atoms with van der Waals surface area (Å²) in [4.78, 5) is 0.329. The molecule has 0 aliphatic rings. The minimum absolute atomic E-state index is 0.291. The van der Waals surface area contributed by atoms with Crippen LogP contribution in [0.5, 0.6) is 0 Å². The number of anilines is 1. The molecule has 1 rings (SSSR count). The highest BCUT2D eigenvalue weighted by atomic mass is 32.1. The molecule has 6 heteroatoms. The standard InChI is InChI=1S/C12H20N4OS/c1-9(2)17-8-4-3-6-14-12-10(11(13)18)5-7-15-16-12/h5,7,9H,3-4,6,8H2,1-2H3,(H2,13,18)(H,14,16). The molecule has 0 saturated heterocycles. The first kappa shape index (κ1) is 14.8. The minimum Gasteiger partial charge on any atom is -0.389 e. The van der Waals surface area contributed by atoms with Crippen molar-refractivity contribution in [1.29, 1.82) is 0 Å². The number of unbranched alkanes of at least 4 members (excludes halogenated alkanes) is 1. The van der Waals surface area contributed by atoms with E-state index in [-0.39, 0.29) is 0 Å². The molecule has 0 aliphatic carbocycles. The fraction of sp³-hybridized carbons (Fsp3) is 0.583. The van der Waals surface area contributed by atoms with Gasteiger partial charge in [-0.1, -0.05) is 12.2 Å². The van der Waals surface area contributed by atoms with Crippen molar-refractivity contribution in [3.63, 3.8) is 0 Å². The number of hydrogen-bond donors (Lipinski definition) is 2. The van der Waals surface area contributed by atoms with Gasteiger partial charge < -0.3 is 15.8 Å². The van der Waals surface area contributed by atoms with E-state index in [2.05, 4.69) is 15.5 Å². The lowest BCUT2D eigenvalue weighted by Crippen LogP contribution is -2.15. The van der Waals surface area contributed by atoms with Crippen molar-refractivity contribution in [2.75, 3.05) is 18.5 Å². The van der Waals surface area contributed by atoms with Crippen LogP contribution in [0.2, 0.25) is 0 Å². The predicted octanol–water partition coefficient (Wildman–Crippen LogP) is 1.73. The molecule has 0 amide bonds. The highest BCUT2D eigenvalue weighted by molar-refractivity contribution is 7.80. The zero-order chi connectivity index (χ0) is 13.4. The van der Waals surface area contributed by atoms with Crippen LogP contribution in [0.15, 0.2) is 12.3 Å². The summed E-state index contributed by atoms with van der Waals surface area (Å²) in [5, 5.41) is 11.0. The van der Waals surface area contributed by atoms with Gasteiger partial charge in [-0.05, 0) is 32.8 Å². The number of aromatic nitrogens is 2. The fourth-order valence-corrected chi connectivity index (χ4v) is 1.58. The molecule has 1 heterocycles. The Hall–Kier alpha value is -1.27. The van der Waals surface area contributed by atoms with Crippen LogP contribution in [0.25, 0.3) is 0 Å². The van der Waals surface area contributed by atoms with E-state index in [1.54, 1.807) is 12.3 Å². The van der Waals surface area contributed by atoms with Gasteiger partial charge in [0.1, 0.15) is 4.99 Å². The second kappa shape index (κ2) is 7.94. The fourth-order valence-electron chi connectivity index (χ4n) is 1.41. The average Bonchev–Trinajstić information content (AvgIpc) is 2.33. The lowest BCUT2D eigenvalue weighted by molar-refractivity contribution is 0.0765. The van der Waals surface area contributed by atoms with E-state index < -0.39 is 0 Å². The number of nitrogens with one attached hydrogen (secondary N) is 1. The molecule has 0 fully saturated rings. The molecule has 0 atom stereocenters. The van der Waals surface area contributed by atoms with Gasteiger partial charge >= 0.3 is 0 Å². The van der Waals surface area contributed by atoms with E-state index in [4.69, 9.17) is 22.7 Å². The summed E-state index contributed by atoms with van der Waals surface area (Å²) in [7, 11) is 0. The highest BCUT2D eigenvalue weighted by Gasteiger charge is 2.05. The van der Waals surface area contributed by atoms with E-state index in [9.17, 15) is 0 Å². The number of ether oxygens (including phenoxy) is 1. The Morgan fingerprint density at radius 2 is 2.28 bits per heavy atom. The molecule has 18 heavy (non-hydrogen) atoms. The zero-order valence-corrected chi connectivity index (χ0v) is 11.7. The van der Waals surface area contributed by atoms with Crippen molar-refractivity contribution in [2.24, 2.45) is 5.73 Å². The number of nitrogens with two attached hydrogens (primary N) is 1. The van der Waals surface area contributed by atoms with Gasteiger partial charge in [0.25, 0.3) is 0 Å². The van der Waals surface area contributed by atoms with E-state index in [1.807, 2.05) is 13.8 Å². The van der Waals surface area contributed by atoms with Gasteiger partial charge in [-0.2, -0.15) is 5.10 Å². The lowest BCUT2D eigenvalue weighted by Gasteiger charge is -2.09. The van der Waals surface area contributed by atoms with E-state index in [1.165, 1.54) is 0 Å². The summed E-state index contributed by atoms with van der Waals surface area (Å²) >= 11 is 4.95. The maximum absolute atomic E-state index is 5.60. The number of hydrogen-bond acceptors (Lipinski definition) is 5. The van der Waals surface area contributed by atoms with Gasteiger partial charge in [-0.15, -0.1) is 5.10 Å². The Bertz CT molecular complexity index is 384. The molecule has 5 nitrogen and oxygen atoms in total. The van der Waals surface area contributed by atoms with Gasteiger partial charge in [0.15, 0.2) is 5.82 Å². The average molecular weight is 268 g/mol. The molecule has 0 unspecified atom stereocenters. The molecule has 1 aromatic heterocycles. The molecule has 0 bridgehead atoms. The molecule has 100 valence electrons. The van der Waals surface area contributed by atoms with Gasteiger partial charge in [0.2, 0.25) is 0 Å². The van der Waals surface area contributed by atoms with Crippen molar-refractivity contribution in [2.45, 2.75) is 32.8 Å². The van der Waals surface area contributed by atoms with Crippen molar-refractivity contribution >= 4 is 23.0 Å². The molecule has 0 saturated carbocycles. The van der Waals surface area contributed by atoms with Crippen LogP contribution in [-0.4, -0.2) is 34.4 Å². The van der Waals surface area contributed by atoms with Crippen molar-refractivity contribution in [3.05, 3.63) is 17.8 Å². The first-order chi connectivity index (χ1) is 8.61. The van der Waals surface area contributed by atoms with Crippen LogP contribution in [0, 0.1) is 0 Å². The lowest BCUT2D eigenvalue weighted by atomic mass is 10.2. The molecule has 0 spiro atoms. The Morgan fingerprint density at radius 1 is 1.50 bits per heavy atom. The Morgan fingerprint density at radius 3 is 2.94 bits per heavy atom. The third-order valence-corrected chi connectivity index (χ3v) is 2.52. The normalized spacial score (nSPS) is 10.6. The smallest absolute Gasteiger partial charge is 0.158 e. The van der Waals surface area contributed by atoms with Crippen LogP contribution in [0.4, 0.5) is 5.82 Å². The molecule has 3 N–H and O–H groups in total. The SMILES string of the molecule is CC(C)OCCCCNc1nnccc1C(N)=S. The van der Waals surface area contributed by atoms with Crippen molar-refractivity contribution < 1.29 is 4.74 Å². The maximum Gasteiger partial charge on any atom is 0.158 e. The summed E-state index contributed by atoms with van der Waals surface area (Å²) in [6.45, 7) is 5.65. The second-order valence-corrected chi connectivity index (χ2v) is 4.65. The van der Waals surface area contributed by atoms with Crippen LogP contribution in [-0.2, 0) is 4.74 Å². The van der Waals surface area contributed by atoms with Gasteiger partial charge in [-0.3, -0.25) is 0 Å². The monoisotopic (exact) mass is 268 g/mol. The summed E-state index contributed by atoms with van der Waals surface area (Å²) in [5.41, 5.74) is 6.34. The maximum atomic E-state index is 5.60. The molecule has 0 aromatic carbocycles. The minimum atomic E-state index is 0.291. The van der Waals surface area contributed by atoms with Crippen molar-refractivity contribution in [3.8, 4) is 0 Å². The largest absolute Gasteiger partial charge is 0.389 e. The van der Waals surface area contributed by atoms with Gasteiger partial charge in [0.05, 0.1) is 17.9 Å². The Balaban J connectivity index is 2.29. The summed E-state index contributed by atoms with van der Waals surface area (Å²) in [6, 6.07) is 1.76. The van der Waals surface area contributed by atoms with Crippen LogP contribution < -0.4 is 11.1 Å². The first-order valence-corrected chi connectivity index (χ1v) is 6.49. The van der Waals surface area contributed by atoms with Gasteiger partial charge in [-0.25, -0.2) is 0 Å². The van der Waals surface area contributed by atoms with Crippen LogP contribution in [0.1, 0.15) is 32.3 Å². The summed E-state index contributed by atoms with van der Waals surface area (Å²) < 4.78 is 5.46. The topological polar surface area (TPSA) is 73.1 Å². The molecular weight excluding hydrogens is 248 g/mol. The Kier molecular flexibility index (Phi) is 6.53. The van der Waals surface area contributed by atoms with Gasteiger partial charge in [0, 0.05) is 13.2 Å². The molecule has 1 aromatic rings. The molecule has 0 aliphatic heterocycles. The second-order valence-electron chi connectivity index (χ2n) is 4.21. The van der Waals surface area contributed by atoms with E-state index in [0.717, 1.165) is 31.6 Å². The predicted molar refractivity (Wildman–Crippen MR) is 76.7 cm³/mol. The van der Waals surface area contributed by atoms with Crippen LogP contribution >= 0.6 is 12.2 Å². The molecule has 0 radical (unpaired) electrons. The third kappa shape index (κ3) is 5.37. The molecular formula is C12H20N4OS. The first-order valence-electron chi connectivity index (χ1n) is 6.08. The van der Waals surface area contributed by atoms with E-state index in [0.29, 0.717) is 16.9 Å². The highest BCUT2D eigenvalue weighted by Crippen LogP contribution is 2.09. The quantitative estimate of drug-likeness (QED) is 0.552. The summed E-state index contributed by atoms with van der Waals surface area (Å²) in [5.74, 6) is 0.648. The number of thiocarbonyl (C=S) groups is 1. The van der Waals surface area contributed by atoms with E-state index >= 15 is 0 Å². The third-order valence-electron chi connectivity index (χ3n) is 2.30. The number of nitrogens with zero attached hydrogens (tertiary/aromatic N) is 2. The zero-order valence-electron chi connectivity index (χ0n) is 10.8. The Labute approximate surface area is 113 Å².